The summed E-state index contributed by atoms with van der Waals surface area (Å²) in [5.41, 5.74) is 6.03. The molecule has 0 saturated carbocycles. The summed E-state index contributed by atoms with van der Waals surface area (Å²) in [5, 5.41) is 8.86. The van der Waals surface area contributed by atoms with Gasteiger partial charge in [-0.2, -0.15) is 10.1 Å². The monoisotopic (exact) mass is 340 g/mol. The van der Waals surface area contributed by atoms with E-state index in [9.17, 15) is 0 Å². The van der Waals surface area contributed by atoms with Crippen molar-refractivity contribution in [1.82, 2.24) is 5.43 Å². The van der Waals surface area contributed by atoms with Crippen molar-refractivity contribution in [3.63, 3.8) is 0 Å². The van der Waals surface area contributed by atoms with Gasteiger partial charge in [0.25, 0.3) is 0 Å². The summed E-state index contributed by atoms with van der Waals surface area (Å²) in [4.78, 5) is 4.39. The fourth-order valence-corrected chi connectivity index (χ4v) is 3.32. The number of hydrazone groups is 1. The Balaban J connectivity index is 1.69. The average Bonchev–Trinajstić information content (AvgIpc) is 2.56. The number of thioether (sulfide) groups is 1. The zero-order valence-corrected chi connectivity index (χ0v) is 14.2. The van der Waals surface area contributed by atoms with Gasteiger partial charge in [-0.15, -0.1) is 0 Å². The van der Waals surface area contributed by atoms with Crippen LogP contribution in [0.1, 0.15) is 12.5 Å². The van der Waals surface area contributed by atoms with E-state index in [4.69, 9.17) is 12.2 Å². The van der Waals surface area contributed by atoms with Crippen molar-refractivity contribution >= 4 is 45.7 Å². The number of anilines is 1. The standard InChI is InChI=1S/C17H16N4S2/c1-12-15(13-8-4-2-5-9-13)20-21-17(23-12)19-16(22)18-14-10-6-3-7-11-14/h2-12H,1H3,(H2,18,19,21,22). The molecule has 0 spiro atoms. The van der Waals surface area contributed by atoms with E-state index in [0.717, 1.165) is 17.0 Å². The minimum Gasteiger partial charge on any atom is -0.331 e. The second kappa shape index (κ2) is 7.39. The van der Waals surface area contributed by atoms with Gasteiger partial charge in [-0.05, 0) is 36.8 Å². The number of aliphatic imine (C=N–C) groups is 1. The average molecular weight is 340 g/mol. The molecule has 3 rings (SSSR count). The van der Waals surface area contributed by atoms with Gasteiger partial charge >= 0.3 is 0 Å². The predicted octanol–water partition coefficient (Wildman–Crippen LogP) is 3.87. The first kappa shape index (κ1) is 15.7. The first-order chi connectivity index (χ1) is 11.2. The number of benzene rings is 2. The highest BCUT2D eigenvalue weighted by Crippen LogP contribution is 2.21. The maximum Gasteiger partial charge on any atom is 0.199 e. The third-order valence-electron chi connectivity index (χ3n) is 3.24. The van der Waals surface area contributed by atoms with E-state index >= 15 is 0 Å². The molecule has 1 aliphatic heterocycles. The molecule has 23 heavy (non-hydrogen) atoms. The molecule has 2 aromatic rings. The Morgan fingerprint density at radius 2 is 1.78 bits per heavy atom. The van der Waals surface area contributed by atoms with E-state index in [1.54, 1.807) is 11.8 Å². The van der Waals surface area contributed by atoms with E-state index in [1.165, 1.54) is 0 Å². The molecule has 0 saturated heterocycles. The summed E-state index contributed by atoms with van der Waals surface area (Å²) in [6.07, 6.45) is 0. The Morgan fingerprint density at radius 1 is 1.13 bits per heavy atom. The second-order valence-electron chi connectivity index (χ2n) is 4.95. The Morgan fingerprint density at radius 3 is 2.43 bits per heavy atom. The summed E-state index contributed by atoms with van der Waals surface area (Å²) in [7, 11) is 0. The number of hydrogen-bond acceptors (Lipinski definition) is 3. The van der Waals surface area contributed by atoms with Crippen molar-refractivity contribution in [3.05, 3.63) is 66.2 Å². The first-order valence-corrected chi connectivity index (χ1v) is 8.51. The number of rotatable bonds is 2. The van der Waals surface area contributed by atoms with Crippen molar-refractivity contribution in [1.29, 1.82) is 0 Å². The van der Waals surface area contributed by atoms with Crippen LogP contribution < -0.4 is 10.7 Å². The highest BCUT2D eigenvalue weighted by atomic mass is 32.2. The lowest BCUT2D eigenvalue weighted by molar-refractivity contribution is 1.01. The van der Waals surface area contributed by atoms with Crippen LogP contribution in [-0.4, -0.2) is 21.2 Å². The van der Waals surface area contributed by atoms with Crippen LogP contribution in [0.15, 0.2) is 70.8 Å². The van der Waals surface area contributed by atoms with Gasteiger partial charge in [0.15, 0.2) is 10.3 Å². The van der Waals surface area contributed by atoms with E-state index in [1.807, 2.05) is 48.5 Å². The summed E-state index contributed by atoms with van der Waals surface area (Å²) < 4.78 is 0. The Bertz CT molecular complexity index is 742. The van der Waals surface area contributed by atoms with Crippen molar-refractivity contribution in [3.8, 4) is 0 Å². The molecule has 1 atom stereocenters. The van der Waals surface area contributed by atoms with Crippen LogP contribution >= 0.6 is 24.0 Å². The molecular weight excluding hydrogens is 324 g/mol. The Hall–Kier alpha value is -2.18. The van der Waals surface area contributed by atoms with E-state index in [2.05, 4.69) is 39.9 Å². The highest BCUT2D eigenvalue weighted by Gasteiger charge is 2.21. The molecule has 0 aliphatic carbocycles. The molecule has 1 heterocycles. The van der Waals surface area contributed by atoms with Gasteiger partial charge in [-0.25, -0.2) is 0 Å². The largest absolute Gasteiger partial charge is 0.331 e. The van der Waals surface area contributed by atoms with Crippen LogP contribution in [0.25, 0.3) is 0 Å². The maximum absolute atomic E-state index is 5.28. The minimum absolute atomic E-state index is 0.205. The van der Waals surface area contributed by atoms with Gasteiger partial charge in [0, 0.05) is 5.69 Å². The van der Waals surface area contributed by atoms with Crippen LogP contribution in [0.5, 0.6) is 0 Å². The van der Waals surface area contributed by atoms with E-state index < -0.39 is 0 Å². The Labute approximate surface area is 145 Å². The SMILES string of the molecule is CC1S/C(=N/C(=S)Nc2ccccc2)NN=C1c1ccccc1. The molecule has 1 unspecified atom stereocenters. The molecule has 0 amide bonds. The van der Waals surface area contributed by atoms with Crippen LogP contribution in [-0.2, 0) is 0 Å². The fraction of sp³-hybridized carbons (Fsp3) is 0.118. The third-order valence-corrected chi connectivity index (χ3v) is 4.42. The molecule has 2 N–H and O–H groups in total. The lowest BCUT2D eigenvalue weighted by Crippen LogP contribution is -2.31. The van der Waals surface area contributed by atoms with Gasteiger partial charge < -0.3 is 5.32 Å². The lowest BCUT2D eigenvalue weighted by Gasteiger charge is -2.21. The topological polar surface area (TPSA) is 48.8 Å². The molecule has 1 aliphatic rings. The molecule has 0 fully saturated rings. The van der Waals surface area contributed by atoms with Gasteiger partial charge in [-0.3, -0.25) is 5.43 Å². The van der Waals surface area contributed by atoms with Gasteiger partial charge in [0.05, 0.1) is 11.0 Å². The van der Waals surface area contributed by atoms with Crippen LogP contribution in [0, 0.1) is 0 Å². The van der Waals surface area contributed by atoms with Crippen LogP contribution in [0.2, 0.25) is 0 Å². The quantitative estimate of drug-likeness (QED) is 0.815. The van der Waals surface area contributed by atoms with Crippen molar-refractivity contribution in [2.24, 2.45) is 10.1 Å². The normalized spacial score (nSPS) is 18.9. The zero-order valence-electron chi connectivity index (χ0n) is 12.6. The van der Waals surface area contributed by atoms with Gasteiger partial charge in [0.2, 0.25) is 0 Å². The fourth-order valence-electron chi connectivity index (χ4n) is 2.17. The van der Waals surface area contributed by atoms with Crippen LogP contribution in [0.3, 0.4) is 0 Å². The summed E-state index contributed by atoms with van der Waals surface area (Å²) in [5.74, 6) is 0. The van der Waals surface area contributed by atoms with E-state index in [0.29, 0.717) is 10.3 Å². The molecule has 0 radical (unpaired) electrons. The smallest absolute Gasteiger partial charge is 0.199 e. The summed E-state index contributed by atoms with van der Waals surface area (Å²) >= 11 is 6.89. The third kappa shape index (κ3) is 4.18. The Kier molecular flexibility index (Phi) is 5.05. The minimum atomic E-state index is 0.205. The van der Waals surface area contributed by atoms with E-state index in [-0.39, 0.29) is 5.25 Å². The molecule has 4 nitrogen and oxygen atoms in total. The lowest BCUT2D eigenvalue weighted by atomic mass is 10.1. The zero-order chi connectivity index (χ0) is 16.1. The molecule has 2 aromatic carbocycles. The molecule has 0 bridgehead atoms. The molecular formula is C17H16N4S2. The highest BCUT2D eigenvalue weighted by molar-refractivity contribution is 8.15. The van der Waals surface area contributed by atoms with Gasteiger partial charge in [0.1, 0.15) is 0 Å². The number of thiocarbonyl (C=S) groups is 1. The molecule has 6 heteroatoms. The molecule has 116 valence electrons. The first-order valence-electron chi connectivity index (χ1n) is 7.23. The van der Waals surface area contributed by atoms with Crippen molar-refractivity contribution < 1.29 is 0 Å². The van der Waals surface area contributed by atoms with Crippen LogP contribution in [0.4, 0.5) is 5.69 Å². The molecule has 0 aromatic heterocycles. The number of nitrogens with one attached hydrogen (secondary N) is 2. The number of hydrogen-bond donors (Lipinski definition) is 2. The number of para-hydroxylation sites is 1. The van der Waals surface area contributed by atoms with Crippen molar-refractivity contribution in [2.45, 2.75) is 12.2 Å². The van der Waals surface area contributed by atoms with Gasteiger partial charge in [-0.1, -0.05) is 60.3 Å². The van der Waals surface area contributed by atoms with Crippen molar-refractivity contribution in [2.75, 3.05) is 5.32 Å². The summed E-state index contributed by atoms with van der Waals surface area (Å²) in [6.45, 7) is 2.11. The second-order valence-corrected chi connectivity index (χ2v) is 6.66. The number of amidine groups is 1. The maximum atomic E-state index is 5.28. The number of nitrogens with zero attached hydrogens (tertiary/aromatic N) is 2. The summed E-state index contributed by atoms with van der Waals surface area (Å²) in [6, 6.07) is 19.9. The predicted molar refractivity (Wildman–Crippen MR) is 103 cm³/mol.